The fraction of sp³-hybridized carbons (Fsp3) is 0.167. The van der Waals surface area contributed by atoms with Crippen molar-refractivity contribution >= 4 is 40.6 Å². The van der Waals surface area contributed by atoms with E-state index in [1.807, 2.05) is 31.2 Å². The van der Waals surface area contributed by atoms with E-state index in [0.717, 1.165) is 11.3 Å². The normalized spacial score (nSPS) is 12.6. The summed E-state index contributed by atoms with van der Waals surface area (Å²) in [5, 5.41) is 6.08. The molecule has 4 rings (SSSR count). The molecule has 164 valence electrons. The molecule has 0 unspecified atom stereocenters. The number of fused-ring (bicyclic) bond motifs is 1. The van der Waals surface area contributed by atoms with E-state index in [1.165, 1.54) is 0 Å². The quantitative estimate of drug-likeness (QED) is 0.546. The van der Waals surface area contributed by atoms with Crippen molar-refractivity contribution in [3.05, 3.63) is 77.3 Å². The van der Waals surface area contributed by atoms with Crippen molar-refractivity contribution < 1.29 is 19.1 Å². The van der Waals surface area contributed by atoms with Crippen LogP contribution in [0.5, 0.6) is 11.5 Å². The average Bonchev–Trinajstić information content (AvgIpc) is 2.77. The first-order valence-electron chi connectivity index (χ1n) is 10.1. The van der Waals surface area contributed by atoms with Crippen molar-refractivity contribution in [3.63, 3.8) is 0 Å². The van der Waals surface area contributed by atoms with Gasteiger partial charge in [-0.15, -0.1) is 0 Å². The van der Waals surface area contributed by atoms with Crippen LogP contribution in [0.3, 0.4) is 0 Å². The number of hydrogen-bond acceptors (Lipinski definition) is 4. The lowest BCUT2D eigenvalue weighted by molar-refractivity contribution is -0.121. The molecule has 0 spiro atoms. The molecule has 3 amide bonds. The number of rotatable bonds is 6. The number of nitrogens with one attached hydrogen (secondary N) is 2. The Labute approximate surface area is 190 Å². The number of halogens is 1. The minimum absolute atomic E-state index is 0.0716. The molecule has 7 nitrogen and oxygen atoms in total. The van der Waals surface area contributed by atoms with Crippen LogP contribution in [0.2, 0.25) is 5.02 Å². The lowest BCUT2D eigenvalue weighted by Crippen LogP contribution is -2.41. The molecule has 0 aromatic heterocycles. The van der Waals surface area contributed by atoms with Gasteiger partial charge in [-0.25, -0.2) is 4.79 Å². The Morgan fingerprint density at radius 1 is 1.06 bits per heavy atom. The predicted molar refractivity (Wildman–Crippen MR) is 125 cm³/mol. The highest BCUT2D eigenvalue weighted by molar-refractivity contribution is 6.30. The molecule has 0 aliphatic carbocycles. The van der Waals surface area contributed by atoms with Gasteiger partial charge in [-0.2, -0.15) is 0 Å². The zero-order valence-corrected chi connectivity index (χ0v) is 18.2. The zero-order valence-electron chi connectivity index (χ0n) is 17.4. The molecule has 3 aromatic carbocycles. The monoisotopic (exact) mass is 451 g/mol. The summed E-state index contributed by atoms with van der Waals surface area (Å²) >= 11 is 5.86. The van der Waals surface area contributed by atoms with Gasteiger partial charge in [0, 0.05) is 22.5 Å². The van der Waals surface area contributed by atoms with Crippen LogP contribution < -0.4 is 25.0 Å². The summed E-state index contributed by atoms with van der Waals surface area (Å²) in [5.74, 6) is 1.13. The maximum absolute atomic E-state index is 12.4. The van der Waals surface area contributed by atoms with E-state index in [0.29, 0.717) is 41.0 Å². The topological polar surface area (TPSA) is 79.9 Å². The molecule has 0 bridgehead atoms. The van der Waals surface area contributed by atoms with Crippen LogP contribution in [0, 0.1) is 6.92 Å². The molecular formula is C24H22ClN3O4. The maximum atomic E-state index is 12.4. The molecule has 32 heavy (non-hydrogen) atoms. The Hall–Kier alpha value is -3.71. The van der Waals surface area contributed by atoms with Gasteiger partial charge in [0.2, 0.25) is 0 Å². The van der Waals surface area contributed by atoms with Crippen LogP contribution in [-0.4, -0.2) is 31.7 Å². The number of benzene rings is 3. The number of aryl methyl sites for hydroxylation is 1. The Morgan fingerprint density at radius 2 is 1.81 bits per heavy atom. The Balaban J connectivity index is 1.39. The van der Waals surface area contributed by atoms with Crippen molar-refractivity contribution in [3.8, 4) is 11.5 Å². The van der Waals surface area contributed by atoms with Crippen molar-refractivity contribution in [1.29, 1.82) is 0 Å². The fourth-order valence-corrected chi connectivity index (χ4v) is 3.44. The highest BCUT2D eigenvalue weighted by atomic mass is 35.5. The standard InChI is InChI=1S/C24H22ClN3O4/c1-16-3-2-4-20(13-16)31-12-11-28-21-10-9-19(14-22(21)32-15-23(28)29)27-24(30)26-18-7-5-17(25)6-8-18/h2-10,13-14H,11-12,15H2,1H3,(H2,26,27,30). The first-order valence-corrected chi connectivity index (χ1v) is 10.5. The Morgan fingerprint density at radius 3 is 2.59 bits per heavy atom. The molecule has 3 aromatic rings. The molecule has 1 heterocycles. The van der Waals surface area contributed by atoms with Gasteiger partial charge in [0.1, 0.15) is 18.1 Å². The summed E-state index contributed by atoms with van der Waals surface area (Å²) in [6.45, 7) is 2.65. The first-order chi connectivity index (χ1) is 15.5. The number of anilines is 3. The van der Waals surface area contributed by atoms with Crippen LogP contribution in [0.4, 0.5) is 21.9 Å². The molecule has 0 fully saturated rings. The number of amides is 3. The van der Waals surface area contributed by atoms with Crippen molar-refractivity contribution in [1.82, 2.24) is 0 Å². The van der Waals surface area contributed by atoms with Crippen molar-refractivity contribution in [2.45, 2.75) is 6.92 Å². The minimum atomic E-state index is -0.400. The van der Waals surface area contributed by atoms with Gasteiger partial charge in [-0.3, -0.25) is 4.79 Å². The predicted octanol–water partition coefficient (Wildman–Crippen LogP) is 5.10. The van der Waals surface area contributed by atoms with E-state index in [4.69, 9.17) is 21.1 Å². The van der Waals surface area contributed by atoms with Gasteiger partial charge in [-0.1, -0.05) is 23.7 Å². The minimum Gasteiger partial charge on any atom is -0.492 e. The number of urea groups is 1. The molecule has 2 N–H and O–H groups in total. The van der Waals surface area contributed by atoms with Gasteiger partial charge in [0.05, 0.1) is 12.2 Å². The third-order valence-electron chi connectivity index (χ3n) is 4.84. The second-order valence-electron chi connectivity index (χ2n) is 7.27. The second-order valence-corrected chi connectivity index (χ2v) is 7.70. The van der Waals surface area contributed by atoms with Gasteiger partial charge >= 0.3 is 6.03 Å². The van der Waals surface area contributed by atoms with Crippen LogP contribution >= 0.6 is 11.6 Å². The summed E-state index contributed by atoms with van der Waals surface area (Å²) in [4.78, 5) is 26.3. The van der Waals surface area contributed by atoms with Crippen LogP contribution in [0.25, 0.3) is 0 Å². The Kier molecular flexibility index (Phi) is 6.47. The van der Waals surface area contributed by atoms with Crippen LogP contribution in [0.1, 0.15) is 5.56 Å². The first kappa shape index (κ1) is 21.5. The molecule has 0 saturated carbocycles. The van der Waals surface area contributed by atoms with E-state index in [1.54, 1.807) is 47.4 Å². The third-order valence-corrected chi connectivity index (χ3v) is 5.09. The number of carbonyl (C=O) groups is 2. The van der Waals surface area contributed by atoms with Crippen LogP contribution in [0.15, 0.2) is 66.7 Å². The lowest BCUT2D eigenvalue weighted by Gasteiger charge is -2.29. The summed E-state index contributed by atoms with van der Waals surface area (Å²) in [6.07, 6.45) is 0. The number of hydrogen-bond donors (Lipinski definition) is 2. The van der Waals surface area contributed by atoms with E-state index < -0.39 is 6.03 Å². The van der Waals surface area contributed by atoms with Crippen molar-refractivity contribution in [2.75, 3.05) is 35.3 Å². The number of nitrogens with zero attached hydrogens (tertiary/aromatic N) is 1. The maximum Gasteiger partial charge on any atom is 0.323 e. The second kappa shape index (κ2) is 9.62. The molecule has 8 heteroatoms. The molecule has 0 radical (unpaired) electrons. The Bertz CT molecular complexity index is 1130. The zero-order chi connectivity index (χ0) is 22.5. The summed E-state index contributed by atoms with van der Waals surface area (Å²) in [7, 11) is 0. The highest BCUT2D eigenvalue weighted by Gasteiger charge is 2.25. The van der Waals surface area contributed by atoms with Crippen molar-refractivity contribution in [2.24, 2.45) is 0 Å². The summed E-state index contributed by atoms with van der Waals surface area (Å²) in [6, 6.07) is 19.3. The van der Waals surface area contributed by atoms with Gasteiger partial charge < -0.3 is 25.0 Å². The number of ether oxygens (including phenoxy) is 2. The largest absolute Gasteiger partial charge is 0.492 e. The number of carbonyl (C=O) groups excluding carboxylic acids is 2. The van der Waals surface area contributed by atoms with Gasteiger partial charge in [0.15, 0.2) is 6.61 Å². The smallest absolute Gasteiger partial charge is 0.323 e. The summed E-state index contributed by atoms with van der Waals surface area (Å²) in [5.41, 5.74) is 2.90. The third kappa shape index (κ3) is 5.31. The molecule has 0 atom stereocenters. The van der Waals surface area contributed by atoms with E-state index >= 15 is 0 Å². The molecule has 1 aliphatic heterocycles. The van der Waals surface area contributed by atoms with Crippen LogP contribution in [-0.2, 0) is 4.79 Å². The fourth-order valence-electron chi connectivity index (χ4n) is 3.31. The van der Waals surface area contributed by atoms with E-state index in [2.05, 4.69) is 10.6 Å². The molecule has 1 aliphatic rings. The lowest BCUT2D eigenvalue weighted by atomic mass is 10.2. The van der Waals surface area contributed by atoms with E-state index in [-0.39, 0.29) is 12.5 Å². The summed E-state index contributed by atoms with van der Waals surface area (Å²) < 4.78 is 11.4. The highest BCUT2D eigenvalue weighted by Crippen LogP contribution is 2.34. The molecule has 0 saturated heterocycles. The SMILES string of the molecule is Cc1cccc(OCCN2C(=O)COc3cc(NC(=O)Nc4ccc(Cl)cc4)ccc32)c1. The average molecular weight is 452 g/mol. The molecular weight excluding hydrogens is 430 g/mol. The van der Waals surface area contributed by atoms with Gasteiger partial charge in [-0.05, 0) is 61.0 Å². The van der Waals surface area contributed by atoms with Gasteiger partial charge in [0.25, 0.3) is 5.91 Å². The van der Waals surface area contributed by atoms with E-state index in [9.17, 15) is 9.59 Å².